The molecule has 1 saturated heterocycles. The minimum atomic E-state index is -0.299. The summed E-state index contributed by atoms with van der Waals surface area (Å²) >= 11 is 0. The van der Waals surface area contributed by atoms with Crippen LogP contribution in [0.3, 0.4) is 0 Å². The van der Waals surface area contributed by atoms with Gasteiger partial charge in [-0.05, 0) is 7.05 Å². The molecule has 9 nitrogen and oxygen atoms in total. The van der Waals surface area contributed by atoms with Crippen LogP contribution in [0.25, 0.3) is 0 Å². The zero-order chi connectivity index (χ0) is 17.8. The molecule has 0 radical (unpaired) electrons. The van der Waals surface area contributed by atoms with Gasteiger partial charge in [-0.2, -0.15) is 0 Å². The number of morpholine rings is 1. The van der Waals surface area contributed by atoms with Crippen molar-refractivity contribution < 1.29 is 18.8 Å². The summed E-state index contributed by atoms with van der Waals surface area (Å²) in [5.74, 6) is 0.209. The fourth-order valence-corrected chi connectivity index (χ4v) is 3.02. The van der Waals surface area contributed by atoms with E-state index in [-0.39, 0.29) is 30.4 Å². The minimum Gasteiger partial charge on any atom is -0.377 e. The first-order valence-corrected chi connectivity index (χ1v) is 8.11. The van der Waals surface area contributed by atoms with Crippen LogP contribution in [0.5, 0.6) is 0 Å². The molecule has 0 aliphatic carbocycles. The van der Waals surface area contributed by atoms with Gasteiger partial charge in [-0.25, -0.2) is 4.98 Å². The Hall–Kier alpha value is -2.23. The molecule has 9 heteroatoms. The average Bonchev–Trinajstić information content (AvgIpc) is 3.22. The number of nitrogens with one attached hydrogen (secondary N) is 1. The molecule has 1 fully saturated rings. The molecule has 3 heterocycles. The molecule has 25 heavy (non-hydrogen) atoms. The lowest BCUT2D eigenvalue weighted by molar-refractivity contribution is -0.0626. The van der Waals surface area contributed by atoms with Gasteiger partial charge < -0.3 is 23.9 Å². The van der Waals surface area contributed by atoms with Gasteiger partial charge in [-0.1, -0.05) is 5.16 Å². The van der Waals surface area contributed by atoms with Crippen molar-refractivity contribution in [2.45, 2.75) is 18.8 Å². The Morgan fingerprint density at radius 3 is 3.04 bits per heavy atom. The van der Waals surface area contributed by atoms with Gasteiger partial charge in [0, 0.05) is 39.5 Å². The number of methoxy groups -OCH3 is 1. The van der Waals surface area contributed by atoms with E-state index in [1.165, 1.54) is 0 Å². The summed E-state index contributed by atoms with van der Waals surface area (Å²) in [6, 6.07) is 1.59. The van der Waals surface area contributed by atoms with Gasteiger partial charge in [0.2, 0.25) is 0 Å². The Balaban J connectivity index is 1.65. The zero-order valence-corrected chi connectivity index (χ0v) is 14.6. The second kappa shape index (κ2) is 7.77. The van der Waals surface area contributed by atoms with E-state index in [1.54, 1.807) is 19.5 Å². The Morgan fingerprint density at radius 1 is 1.48 bits per heavy atom. The van der Waals surface area contributed by atoms with Crippen molar-refractivity contribution in [3.63, 3.8) is 0 Å². The normalized spacial score (nSPS) is 21.4. The largest absolute Gasteiger partial charge is 0.377 e. The van der Waals surface area contributed by atoms with E-state index in [1.807, 2.05) is 24.9 Å². The summed E-state index contributed by atoms with van der Waals surface area (Å²) in [5, 5.41) is 6.64. The minimum absolute atomic E-state index is 0.0166. The predicted molar refractivity (Wildman–Crippen MR) is 87.9 cm³/mol. The molecule has 0 saturated carbocycles. The summed E-state index contributed by atoms with van der Waals surface area (Å²) in [5.41, 5.74) is 1.28. The van der Waals surface area contributed by atoms with Gasteiger partial charge >= 0.3 is 0 Å². The molecule has 1 N–H and O–H groups in total. The van der Waals surface area contributed by atoms with Crippen LogP contribution in [0.2, 0.25) is 0 Å². The molecule has 1 amide bonds. The molecule has 1 aliphatic rings. The molecular formula is C16H23N5O4. The second-order valence-electron chi connectivity index (χ2n) is 6.09. The maximum Gasteiger partial charge on any atom is 0.273 e. The lowest BCUT2D eigenvalue weighted by Crippen LogP contribution is -2.48. The molecule has 1 aliphatic heterocycles. The highest BCUT2D eigenvalue weighted by Gasteiger charge is 2.33. The summed E-state index contributed by atoms with van der Waals surface area (Å²) in [6.45, 7) is 2.09. The Kier molecular flexibility index (Phi) is 5.47. The molecule has 0 unspecified atom stereocenters. The summed E-state index contributed by atoms with van der Waals surface area (Å²) < 4.78 is 17.9. The number of rotatable bonds is 6. The summed E-state index contributed by atoms with van der Waals surface area (Å²) in [7, 11) is 5.55. The van der Waals surface area contributed by atoms with Crippen molar-refractivity contribution in [3.8, 4) is 0 Å². The van der Waals surface area contributed by atoms with Crippen molar-refractivity contribution >= 4 is 5.91 Å². The summed E-state index contributed by atoms with van der Waals surface area (Å²) in [6.07, 6.45) is 3.42. The number of imidazole rings is 1. The fourth-order valence-electron chi connectivity index (χ4n) is 3.02. The van der Waals surface area contributed by atoms with Crippen LogP contribution in [0.4, 0.5) is 0 Å². The smallest absolute Gasteiger partial charge is 0.273 e. The van der Waals surface area contributed by atoms with Crippen LogP contribution < -0.4 is 5.32 Å². The number of hydrogen-bond donors (Lipinski definition) is 1. The maximum absolute atomic E-state index is 12.3. The first-order chi connectivity index (χ1) is 12.1. The quantitative estimate of drug-likeness (QED) is 0.804. The number of aromatic nitrogens is 3. The van der Waals surface area contributed by atoms with E-state index in [9.17, 15) is 4.79 Å². The SMILES string of the molecule is COCc1cc(C(=O)NC[C@@H]2OCCN(C)[C@H]2c2cncn2C)no1. The highest BCUT2D eigenvalue weighted by molar-refractivity contribution is 5.92. The van der Waals surface area contributed by atoms with Gasteiger partial charge in [0.1, 0.15) is 6.61 Å². The van der Waals surface area contributed by atoms with Crippen LogP contribution in [0.1, 0.15) is 28.0 Å². The van der Waals surface area contributed by atoms with Crippen molar-refractivity contribution in [2.75, 3.05) is 33.9 Å². The van der Waals surface area contributed by atoms with Crippen molar-refractivity contribution in [1.29, 1.82) is 0 Å². The highest BCUT2D eigenvalue weighted by Crippen LogP contribution is 2.27. The van der Waals surface area contributed by atoms with Gasteiger partial charge in [0.25, 0.3) is 5.91 Å². The van der Waals surface area contributed by atoms with Crippen LogP contribution >= 0.6 is 0 Å². The molecule has 136 valence electrons. The van der Waals surface area contributed by atoms with Crippen LogP contribution in [0.15, 0.2) is 23.1 Å². The van der Waals surface area contributed by atoms with Crippen LogP contribution in [0, 0.1) is 0 Å². The van der Waals surface area contributed by atoms with Crippen molar-refractivity contribution in [3.05, 3.63) is 35.7 Å². The lowest BCUT2D eigenvalue weighted by Gasteiger charge is -2.39. The average molecular weight is 349 g/mol. The summed E-state index contributed by atoms with van der Waals surface area (Å²) in [4.78, 5) is 18.7. The molecule has 0 aromatic carbocycles. The number of ether oxygens (including phenoxy) is 2. The number of carbonyl (C=O) groups excluding carboxylic acids is 1. The molecule has 2 aromatic rings. The maximum atomic E-state index is 12.3. The Labute approximate surface area is 145 Å². The van der Waals surface area contributed by atoms with Gasteiger partial charge in [0.15, 0.2) is 11.5 Å². The Morgan fingerprint density at radius 2 is 2.32 bits per heavy atom. The van der Waals surface area contributed by atoms with Crippen LogP contribution in [-0.2, 0) is 23.1 Å². The fraction of sp³-hybridized carbons (Fsp3) is 0.562. The molecule has 3 rings (SSSR count). The third kappa shape index (κ3) is 3.89. The van der Waals surface area contributed by atoms with Gasteiger partial charge in [-0.3, -0.25) is 9.69 Å². The van der Waals surface area contributed by atoms with Crippen LogP contribution in [-0.4, -0.2) is 65.5 Å². The monoisotopic (exact) mass is 349 g/mol. The van der Waals surface area contributed by atoms with Crippen molar-refractivity contribution in [2.24, 2.45) is 7.05 Å². The lowest BCUT2D eigenvalue weighted by atomic mass is 10.0. The molecule has 0 spiro atoms. The molecule has 2 atom stereocenters. The standard InChI is InChI=1S/C16H23N5O4/c1-20-4-5-24-14(15(20)13-7-17-10-21(13)2)8-18-16(22)12-6-11(9-23-3)25-19-12/h6-7,10,14-15H,4-5,8-9H2,1-3H3,(H,18,22)/t14-,15-/m0/s1. The molecule has 0 bridgehead atoms. The number of hydrogen-bond acceptors (Lipinski definition) is 7. The third-order valence-corrected chi connectivity index (χ3v) is 4.30. The molecular weight excluding hydrogens is 326 g/mol. The van der Waals surface area contributed by atoms with E-state index in [0.717, 1.165) is 12.2 Å². The van der Waals surface area contributed by atoms with E-state index in [4.69, 9.17) is 14.0 Å². The zero-order valence-electron chi connectivity index (χ0n) is 14.6. The second-order valence-corrected chi connectivity index (χ2v) is 6.09. The topological polar surface area (TPSA) is 94.7 Å². The van der Waals surface area contributed by atoms with Crippen molar-refractivity contribution in [1.82, 2.24) is 24.9 Å². The number of nitrogens with zero attached hydrogens (tertiary/aromatic N) is 4. The van der Waals surface area contributed by atoms with E-state index < -0.39 is 0 Å². The number of aryl methyl sites for hydroxylation is 1. The predicted octanol–water partition coefficient (Wildman–Crippen LogP) is 0.356. The first-order valence-electron chi connectivity index (χ1n) is 8.11. The number of likely N-dealkylation sites (N-methyl/N-ethyl adjacent to an activating group) is 1. The first kappa shape index (κ1) is 17.6. The van der Waals surface area contributed by atoms with E-state index in [0.29, 0.717) is 18.9 Å². The Bertz CT molecular complexity index is 713. The molecule has 2 aromatic heterocycles. The van der Waals surface area contributed by atoms with Gasteiger partial charge in [-0.15, -0.1) is 0 Å². The number of carbonyl (C=O) groups is 1. The van der Waals surface area contributed by atoms with E-state index in [2.05, 4.69) is 20.4 Å². The van der Waals surface area contributed by atoms with Gasteiger partial charge in [0.05, 0.1) is 30.8 Å². The highest BCUT2D eigenvalue weighted by atomic mass is 16.5. The number of amides is 1. The van der Waals surface area contributed by atoms with E-state index >= 15 is 0 Å². The third-order valence-electron chi connectivity index (χ3n) is 4.30.